The van der Waals surface area contributed by atoms with Crippen molar-refractivity contribution in [1.82, 2.24) is 10.2 Å². The molecular weight excluding hydrogens is 308 g/mol. The van der Waals surface area contributed by atoms with Crippen molar-refractivity contribution in [3.8, 4) is 0 Å². The van der Waals surface area contributed by atoms with Crippen molar-refractivity contribution >= 4 is 29.2 Å². The summed E-state index contributed by atoms with van der Waals surface area (Å²) in [4.78, 5) is 39.0. The summed E-state index contributed by atoms with van der Waals surface area (Å²) in [5, 5.41) is 5.11. The SMILES string of the molecule is C=CCN1C(=O)NC(=O)[C@@H](C(=C)Nc2ccc(N(C)C)cc2)C1=O. The Bertz CT molecular complexity index is 694. The monoisotopic (exact) mass is 328 g/mol. The molecule has 1 aromatic rings. The number of hydrogen-bond donors (Lipinski definition) is 2. The second-order valence-corrected chi connectivity index (χ2v) is 5.56. The molecule has 1 aliphatic heterocycles. The van der Waals surface area contributed by atoms with Gasteiger partial charge in [-0.15, -0.1) is 6.58 Å². The Kier molecular flexibility index (Phi) is 5.03. The van der Waals surface area contributed by atoms with Gasteiger partial charge in [0.2, 0.25) is 11.8 Å². The Morgan fingerprint density at radius 1 is 1.29 bits per heavy atom. The number of urea groups is 1. The molecule has 0 aromatic heterocycles. The van der Waals surface area contributed by atoms with Crippen LogP contribution in [0.4, 0.5) is 16.2 Å². The topological polar surface area (TPSA) is 81.8 Å². The van der Waals surface area contributed by atoms with E-state index in [1.807, 2.05) is 43.3 Å². The summed E-state index contributed by atoms with van der Waals surface area (Å²) in [5.41, 5.74) is 1.91. The molecule has 0 spiro atoms. The molecule has 1 saturated heterocycles. The number of rotatable bonds is 6. The average Bonchev–Trinajstić information content (AvgIpc) is 2.51. The van der Waals surface area contributed by atoms with Gasteiger partial charge in [-0.1, -0.05) is 12.7 Å². The number of anilines is 2. The van der Waals surface area contributed by atoms with Gasteiger partial charge in [-0.3, -0.25) is 19.8 Å². The highest BCUT2D eigenvalue weighted by molar-refractivity contribution is 6.18. The Hall–Kier alpha value is -3.09. The summed E-state index contributed by atoms with van der Waals surface area (Å²) in [6.07, 6.45) is 1.42. The third-order valence-electron chi connectivity index (χ3n) is 3.60. The fourth-order valence-electron chi connectivity index (χ4n) is 2.32. The van der Waals surface area contributed by atoms with E-state index in [-0.39, 0.29) is 12.2 Å². The summed E-state index contributed by atoms with van der Waals surface area (Å²) in [6.45, 7) is 7.31. The van der Waals surface area contributed by atoms with E-state index in [9.17, 15) is 14.4 Å². The van der Waals surface area contributed by atoms with Crippen molar-refractivity contribution in [3.63, 3.8) is 0 Å². The van der Waals surface area contributed by atoms with Crippen LogP contribution in [0.2, 0.25) is 0 Å². The van der Waals surface area contributed by atoms with E-state index < -0.39 is 23.8 Å². The fourth-order valence-corrected chi connectivity index (χ4v) is 2.32. The third-order valence-corrected chi connectivity index (χ3v) is 3.60. The molecule has 0 aliphatic carbocycles. The van der Waals surface area contributed by atoms with Gasteiger partial charge in [0.15, 0.2) is 5.92 Å². The van der Waals surface area contributed by atoms with Crippen LogP contribution in [0.1, 0.15) is 0 Å². The van der Waals surface area contributed by atoms with E-state index >= 15 is 0 Å². The minimum Gasteiger partial charge on any atom is -0.378 e. The number of benzene rings is 1. The second-order valence-electron chi connectivity index (χ2n) is 5.56. The Morgan fingerprint density at radius 3 is 2.46 bits per heavy atom. The van der Waals surface area contributed by atoms with Crippen LogP contribution in [-0.2, 0) is 9.59 Å². The number of nitrogens with zero attached hydrogens (tertiary/aromatic N) is 2. The number of barbiturate groups is 1. The Labute approximate surface area is 140 Å². The zero-order valence-electron chi connectivity index (χ0n) is 13.7. The average molecular weight is 328 g/mol. The molecule has 0 bridgehead atoms. The van der Waals surface area contributed by atoms with Gasteiger partial charge in [0.05, 0.1) is 0 Å². The summed E-state index contributed by atoms with van der Waals surface area (Å²) in [5.74, 6) is -2.48. The summed E-state index contributed by atoms with van der Waals surface area (Å²) >= 11 is 0. The molecule has 2 N–H and O–H groups in total. The van der Waals surface area contributed by atoms with Crippen molar-refractivity contribution in [3.05, 3.63) is 49.2 Å². The normalized spacial score (nSPS) is 17.3. The van der Waals surface area contributed by atoms with E-state index in [2.05, 4.69) is 23.8 Å². The van der Waals surface area contributed by atoms with Crippen LogP contribution in [0.3, 0.4) is 0 Å². The molecule has 1 atom stereocenters. The molecule has 0 saturated carbocycles. The quantitative estimate of drug-likeness (QED) is 0.612. The van der Waals surface area contributed by atoms with Crippen molar-refractivity contribution < 1.29 is 14.4 Å². The van der Waals surface area contributed by atoms with E-state index in [1.54, 1.807) is 0 Å². The second kappa shape index (κ2) is 6.99. The van der Waals surface area contributed by atoms with E-state index in [0.29, 0.717) is 5.69 Å². The van der Waals surface area contributed by atoms with Crippen LogP contribution in [0, 0.1) is 5.92 Å². The molecule has 0 unspecified atom stereocenters. The highest BCUT2D eigenvalue weighted by Gasteiger charge is 2.41. The van der Waals surface area contributed by atoms with Crippen LogP contribution in [0.15, 0.2) is 49.2 Å². The summed E-state index contributed by atoms with van der Waals surface area (Å²) < 4.78 is 0. The van der Waals surface area contributed by atoms with E-state index in [0.717, 1.165) is 10.6 Å². The van der Waals surface area contributed by atoms with E-state index in [4.69, 9.17) is 0 Å². The van der Waals surface area contributed by atoms with Gasteiger partial charge in [-0.25, -0.2) is 4.79 Å². The van der Waals surface area contributed by atoms with Crippen LogP contribution < -0.4 is 15.5 Å². The van der Waals surface area contributed by atoms with Crippen LogP contribution >= 0.6 is 0 Å². The third kappa shape index (κ3) is 3.45. The molecule has 1 fully saturated rings. The van der Waals surface area contributed by atoms with Crippen molar-refractivity contribution in [1.29, 1.82) is 0 Å². The number of carbonyl (C=O) groups is 3. The predicted molar refractivity (Wildman–Crippen MR) is 92.5 cm³/mol. The predicted octanol–water partition coefficient (Wildman–Crippen LogP) is 1.56. The lowest BCUT2D eigenvalue weighted by atomic mass is 10.0. The van der Waals surface area contributed by atoms with Gasteiger partial charge in [0, 0.05) is 37.7 Å². The molecule has 1 aromatic carbocycles. The number of nitrogens with one attached hydrogen (secondary N) is 2. The summed E-state index contributed by atoms with van der Waals surface area (Å²) in [7, 11) is 3.86. The largest absolute Gasteiger partial charge is 0.378 e. The van der Waals surface area contributed by atoms with Crippen LogP contribution in [0.5, 0.6) is 0 Å². The maximum atomic E-state index is 12.4. The minimum absolute atomic E-state index is 0.0270. The van der Waals surface area contributed by atoms with Crippen molar-refractivity contribution in [2.45, 2.75) is 0 Å². The van der Waals surface area contributed by atoms with Crippen LogP contribution in [-0.4, -0.2) is 43.4 Å². The highest BCUT2D eigenvalue weighted by atomic mass is 16.2. The molecule has 7 heteroatoms. The first kappa shape index (κ1) is 17.3. The number of carbonyl (C=O) groups excluding carboxylic acids is 3. The molecule has 4 amide bonds. The first-order chi connectivity index (χ1) is 11.3. The molecule has 1 heterocycles. The smallest absolute Gasteiger partial charge is 0.331 e. The zero-order valence-corrected chi connectivity index (χ0v) is 13.7. The standard InChI is InChI=1S/C17H20N4O3/c1-5-10-21-16(23)14(15(22)19-17(21)24)11(2)18-12-6-8-13(9-7-12)20(3)4/h5-9,14,18H,1-2,10H2,3-4H3,(H,19,22,24)/t14-/m1/s1. The molecule has 7 nitrogen and oxygen atoms in total. The van der Waals surface area contributed by atoms with Crippen molar-refractivity contribution in [2.24, 2.45) is 5.92 Å². The first-order valence-electron chi connectivity index (χ1n) is 7.35. The van der Waals surface area contributed by atoms with E-state index in [1.165, 1.54) is 6.08 Å². The number of amides is 4. The van der Waals surface area contributed by atoms with Gasteiger partial charge in [-0.2, -0.15) is 0 Å². The number of imide groups is 2. The van der Waals surface area contributed by atoms with Crippen molar-refractivity contribution in [2.75, 3.05) is 30.9 Å². The van der Waals surface area contributed by atoms with Gasteiger partial charge >= 0.3 is 6.03 Å². The molecule has 24 heavy (non-hydrogen) atoms. The van der Waals surface area contributed by atoms with Gasteiger partial charge < -0.3 is 10.2 Å². The lowest BCUT2D eigenvalue weighted by Crippen LogP contribution is -2.58. The van der Waals surface area contributed by atoms with Gasteiger partial charge in [0.1, 0.15) is 0 Å². The van der Waals surface area contributed by atoms with Gasteiger partial charge in [0.25, 0.3) is 0 Å². The highest BCUT2D eigenvalue weighted by Crippen LogP contribution is 2.22. The fraction of sp³-hybridized carbons (Fsp3) is 0.235. The Balaban J connectivity index is 2.15. The first-order valence-corrected chi connectivity index (χ1v) is 7.35. The lowest BCUT2D eigenvalue weighted by Gasteiger charge is -2.30. The lowest BCUT2D eigenvalue weighted by molar-refractivity contribution is -0.140. The maximum absolute atomic E-state index is 12.4. The summed E-state index contributed by atoms with van der Waals surface area (Å²) in [6, 6.07) is 6.68. The van der Waals surface area contributed by atoms with Gasteiger partial charge in [-0.05, 0) is 24.3 Å². The van der Waals surface area contributed by atoms with Crippen LogP contribution in [0.25, 0.3) is 0 Å². The molecule has 2 rings (SSSR count). The zero-order chi connectivity index (χ0) is 17.9. The Morgan fingerprint density at radius 2 is 1.92 bits per heavy atom. The minimum atomic E-state index is -1.17. The maximum Gasteiger partial charge on any atom is 0.331 e. The molecule has 0 radical (unpaired) electrons. The molecular formula is C17H20N4O3. The molecule has 126 valence electrons. The number of hydrogen-bond acceptors (Lipinski definition) is 5. The molecule has 1 aliphatic rings.